The maximum absolute atomic E-state index is 6.20. The smallest absolute Gasteiger partial charge is 0.124 e. The van der Waals surface area contributed by atoms with Crippen molar-refractivity contribution in [3.05, 3.63) is 39.9 Å². The van der Waals surface area contributed by atoms with Crippen LogP contribution in [0.15, 0.2) is 34.3 Å². The molecule has 1 heterocycles. The first-order chi connectivity index (χ1) is 8.45. The molecule has 98 valence electrons. The minimum absolute atomic E-state index is 0.0532. The van der Waals surface area contributed by atoms with Gasteiger partial charge in [-0.25, -0.2) is 0 Å². The second kappa shape index (κ2) is 5.06. The first-order valence-electron chi connectivity index (χ1n) is 6.12. The summed E-state index contributed by atoms with van der Waals surface area (Å²) in [6.07, 6.45) is 0.946. The average Bonchev–Trinajstić information content (AvgIpc) is 2.35. The van der Waals surface area contributed by atoms with Gasteiger partial charge in [0.1, 0.15) is 5.75 Å². The van der Waals surface area contributed by atoms with Gasteiger partial charge < -0.3 is 9.47 Å². The van der Waals surface area contributed by atoms with Gasteiger partial charge in [-0.2, -0.15) is 0 Å². The number of hydrogen-bond acceptors (Lipinski definition) is 2. The van der Waals surface area contributed by atoms with Crippen molar-refractivity contribution in [3.8, 4) is 5.75 Å². The molecule has 0 aromatic heterocycles. The van der Waals surface area contributed by atoms with Crippen LogP contribution in [0, 0.1) is 0 Å². The third-order valence-electron chi connectivity index (χ3n) is 3.32. The fourth-order valence-corrected chi connectivity index (χ4v) is 2.69. The maximum atomic E-state index is 6.20. The van der Waals surface area contributed by atoms with Crippen molar-refractivity contribution >= 4 is 15.9 Å². The van der Waals surface area contributed by atoms with E-state index in [0.29, 0.717) is 0 Å². The second-order valence-corrected chi connectivity index (χ2v) is 5.95. The molecule has 0 saturated carbocycles. The third-order valence-corrected chi connectivity index (χ3v) is 4.95. The summed E-state index contributed by atoms with van der Waals surface area (Å²) in [7, 11) is 1.70. The lowest BCUT2D eigenvalue weighted by Crippen LogP contribution is -2.32. The van der Waals surface area contributed by atoms with E-state index in [4.69, 9.17) is 9.47 Å². The number of halogens is 1. The van der Waals surface area contributed by atoms with Gasteiger partial charge in [-0.05, 0) is 33.3 Å². The zero-order valence-corrected chi connectivity index (χ0v) is 12.9. The molecule has 1 unspecified atom stereocenters. The number of hydrogen-bond donors (Lipinski definition) is 0. The summed E-state index contributed by atoms with van der Waals surface area (Å²) in [4.78, 5) is 0. The van der Waals surface area contributed by atoms with Gasteiger partial charge in [-0.1, -0.05) is 39.7 Å². The predicted octanol–water partition coefficient (Wildman–Crippen LogP) is 4.60. The minimum Gasteiger partial charge on any atom is -0.496 e. The van der Waals surface area contributed by atoms with E-state index in [1.165, 1.54) is 5.57 Å². The van der Waals surface area contributed by atoms with E-state index in [1.54, 1.807) is 7.11 Å². The highest BCUT2D eigenvalue weighted by molar-refractivity contribution is 9.11. The first-order valence-corrected chi connectivity index (χ1v) is 6.91. The van der Waals surface area contributed by atoms with Crippen LogP contribution >= 0.6 is 15.9 Å². The van der Waals surface area contributed by atoms with E-state index >= 15 is 0 Å². The molecule has 3 heteroatoms. The highest BCUT2D eigenvalue weighted by Gasteiger charge is 2.34. The van der Waals surface area contributed by atoms with Gasteiger partial charge in [-0.15, -0.1) is 0 Å². The van der Waals surface area contributed by atoms with Gasteiger partial charge in [0.05, 0.1) is 18.8 Å². The Labute approximate surface area is 117 Å². The van der Waals surface area contributed by atoms with E-state index < -0.39 is 0 Å². The van der Waals surface area contributed by atoms with Crippen molar-refractivity contribution in [2.45, 2.75) is 38.9 Å². The maximum Gasteiger partial charge on any atom is 0.124 e. The Morgan fingerprint density at radius 3 is 2.61 bits per heavy atom. The van der Waals surface area contributed by atoms with Crippen molar-refractivity contribution in [3.63, 3.8) is 0 Å². The molecular weight excluding hydrogens is 292 g/mol. The number of benzene rings is 1. The van der Waals surface area contributed by atoms with Gasteiger partial charge in [0.15, 0.2) is 0 Å². The molecule has 18 heavy (non-hydrogen) atoms. The van der Waals surface area contributed by atoms with E-state index in [0.717, 1.165) is 22.2 Å². The minimum atomic E-state index is -0.284. The fraction of sp³-hybridized carbons (Fsp3) is 0.467. The zero-order valence-electron chi connectivity index (χ0n) is 11.3. The normalized spacial score (nSPS) is 23.1. The molecule has 0 aliphatic carbocycles. The van der Waals surface area contributed by atoms with E-state index in [-0.39, 0.29) is 11.7 Å². The Hall–Kier alpha value is -0.800. The lowest BCUT2D eigenvalue weighted by atomic mass is 9.93. The van der Waals surface area contributed by atoms with Crippen molar-refractivity contribution in [2.75, 3.05) is 7.11 Å². The summed E-state index contributed by atoms with van der Waals surface area (Å²) in [6.45, 7) is 6.32. The highest BCUT2D eigenvalue weighted by atomic mass is 79.9. The molecule has 0 fully saturated rings. The Bertz CT molecular complexity index is 477. The van der Waals surface area contributed by atoms with Crippen molar-refractivity contribution < 1.29 is 9.47 Å². The van der Waals surface area contributed by atoms with E-state index in [9.17, 15) is 0 Å². The largest absolute Gasteiger partial charge is 0.496 e. The van der Waals surface area contributed by atoms with Crippen LogP contribution in [0.25, 0.3) is 0 Å². The summed E-state index contributed by atoms with van der Waals surface area (Å²) in [5, 5.41) is 0. The van der Waals surface area contributed by atoms with Gasteiger partial charge >= 0.3 is 0 Å². The molecule has 0 spiro atoms. The Morgan fingerprint density at radius 2 is 2.00 bits per heavy atom. The molecule has 0 N–H and O–H groups in total. The molecule has 2 rings (SSSR count). The molecule has 1 aliphatic heterocycles. The zero-order chi connectivity index (χ0) is 13.3. The SMILES string of the molecule is COc1ccccc1C1CC(C)=C(Br)C(C)(C)O1. The number of para-hydroxylation sites is 1. The number of methoxy groups -OCH3 is 1. The fourth-order valence-electron chi connectivity index (χ4n) is 2.44. The first kappa shape index (κ1) is 13.6. The summed E-state index contributed by atoms with van der Waals surface area (Å²) in [5.74, 6) is 0.893. The Kier molecular flexibility index (Phi) is 3.83. The molecule has 0 bridgehead atoms. The second-order valence-electron chi connectivity index (χ2n) is 5.16. The van der Waals surface area contributed by atoms with Gasteiger partial charge in [0.25, 0.3) is 0 Å². The van der Waals surface area contributed by atoms with Crippen LogP contribution in [-0.2, 0) is 4.74 Å². The molecule has 2 nitrogen and oxygen atoms in total. The molecule has 0 radical (unpaired) electrons. The van der Waals surface area contributed by atoms with Crippen LogP contribution < -0.4 is 4.74 Å². The summed E-state index contributed by atoms with van der Waals surface area (Å²) >= 11 is 3.63. The standard InChI is InChI=1S/C15H19BrO2/c1-10-9-13(18-15(2,3)14(10)16)11-7-5-6-8-12(11)17-4/h5-8,13H,9H2,1-4H3. The van der Waals surface area contributed by atoms with E-state index in [1.807, 2.05) is 18.2 Å². The van der Waals surface area contributed by atoms with Crippen molar-refractivity contribution in [1.82, 2.24) is 0 Å². The van der Waals surface area contributed by atoms with Crippen LogP contribution in [-0.4, -0.2) is 12.7 Å². The van der Waals surface area contributed by atoms with Crippen LogP contribution in [0.3, 0.4) is 0 Å². The molecule has 1 atom stereocenters. The molecular formula is C15H19BrO2. The molecule has 1 aromatic carbocycles. The lowest BCUT2D eigenvalue weighted by Gasteiger charge is -2.37. The van der Waals surface area contributed by atoms with Gasteiger partial charge in [0.2, 0.25) is 0 Å². The topological polar surface area (TPSA) is 18.5 Å². The van der Waals surface area contributed by atoms with Crippen molar-refractivity contribution in [1.29, 1.82) is 0 Å². The summed E-state index contributed by atoms with van der Waals surface area (Å²) in [6, 6.07) is 8.06. The quantitative estimate of drug-likeness (QED) is 0.794. The Balaban J connectivity index is 2.37. The van der Waals surface area contributed by atoms with Crippen molar-refractivity contribution in [2.24, 2.45) is 0 Å². The van der Waals surface area contributed by atoms with Crippen LogP contribution in [0.5, 0.6) is 5.75 Å². The molecule has 0 saturated heterocycles. The predicted molar refractivity (Wildman–Crippen MR) is 77.1 cm³/mol. The third kappa shape index (κ3) is 2.47. The number of rotatable bonds is 2. The molecule has 1 aliphatic rings. The Morgan fingerprint density at radius 1 is 1.33 bits per heavy atom. The van der Waals surface area contributed by atoms with E-state index in [2.05, 4.69) is 42.8 Å². The highest BCUT2D eigenvalue weighted by Crippen LogP contribution is 2.44. The summed E-state index contributed by atoms with van der Waals surface area (Å²) < 4.78 is 12.8. The lowest BCUT2D eigenvalue weighted by molar-refractivity contribution is -0.0559. The van der Waals surface area contributed by atoms with Gasteiger partial charge in [0, 0.05) is 10.0 Å². The average molecular weight is 311 g/mol. The van der Waals surface area contributed by atoms with Crippen LogP contribution in [0.2, 0.25) is 0 Å². The van der Waals surface area contributed by atoms with Crippen LogP contribution in [0.4, 0.5) is 0 Å². The van der Waals surface area contributed by atoms with Gasteiger partial charge in [-0.3, -0.25) is 0 Å². The summed E-state index contributed by atoms with van der Waals surface area (Å²) in [5.41, 5.74) is 2.17. The monoisotopic (exact) mass is 310 g/mol. The molecule has 0 amide bonds. The number of ether oxygens (including phenoxy) is 2. The molecule has 1 aromatic rings. The van der Waals surface area contributed by atoms with Crippen LogP contribution in [0.1, 0.15) is 38.9 Å².